The van der Waals surface area contributed by atoms with Gasteiger partial charge in [0.25, 0.3) is 0 Å². The largest absolute Gasteiger partial charge is 0.419 e. The van der Waals surface area contributed by atoms with Crippen molar-refractivity contribution >= 4 is 15.9 Å². The number of sulfonamides is 1. The molecule has 0 aliphatic carbocycles. The van der Waals surface area contributed by atoms with Crippen LogP contribution in [-0.2, 0) is 21.3 Å². The summed E-state index contributed by atoms with van der Waals surface area (Å²) < 4.78 is 39.0. The van der Waals surface area contributed by atoms with E-state index in [0.29, 0.717) is 24.5 Å². The normalized spacial score (nSPS) is 18.9. The van der Waals surface area contributed by atoms with Gasteiger partial charge >= 0.3 is 0 Å². The van der Waals surface area contributed by atoms with E-state index in [-0.39, 0.29) is 35.2 Å². The number of hydrogen-bond donors (Lipinski definition) is 0. The Morgan fingerprint density at radius 2 is 1.73 bits per heavy atom. The lowest BCUT2D eigenvalue weighted by Gasteiger charge is -2.34. The van der Waals surface area contributed by atoms with Crippen LogP contribution in [0.1, 0.15) is 25.1 Å². The van der Waals surface area contributed by atoms with E-state index in [1.807, 2.05) is 49.1 Å². The molecule has 0 bridgehead atoms. The third-order valence-electron chi connectivity index (χ3n) is 5.48. The molecule has 172 valence electrons. The van der Waals surface area contributed by atoms with Crippen LogP contribution in [0.25, 0.3) is 11.5 Å². The first kappa shape index (κ1) is 23.0. The lowest BCUT2D eigenvalue weighted by Crippen LogP contribution is -2.45. The second-order valence-electron chi connectivity index (χ2n) is 8.22. The second-order valence-corrected chi connectivity index (χ2v) is 10.3. The molecule has 9 heteroatoms. The van der Waals surface area contributed by atoms with Crippen LogP contribution in [0.3, 0.4) is 0 Å². The highest BCUT2D eigenvalue weighted by Gasteiger charge is 2.28. The fourth-order valence-electron chi connectivity index (χ4n) is 3.94. The van der Waals surface area contributed by atoms with Gasteiger partial charge in [-0.05, 0) is 43.7 Å². The minimum absolute atomic E-state index is 0.00575. The zero-order valence-corrected chi connectivity index (χ0v) is 19.6. The van der Waals surface area contributed by atoms with Crippen molar-refractivity contribution in [2.75, 3.05) is 25.0 Å². The molecule has 1 aliphatic heterocycles. The van der Waals surface area contributed by atoms with Gasteiger partial charge in [-0.15, -0.1) is 0 Å². The standard InChI is InChI=1S/C24H26N4O4S/c1-17-14-28(15-18(2)31-17)24-22(13-25)26-23(32-24)20-9-11-21(12-10-20)33(29,30)27(3)16-19-7-5-4-6-8-19/h4-12,17-18H,14-16H2,1-3H3/t17-,18-/m0/s1. The van der Waals surface area contributed by atoms with E-state index in [2.05, 4.69) is 11.1 Å². The number of aromatic nitrogens is 1. The van der Waals surface area contributed by atoms with Gasteiger partial charge in [-0.25, -0.2) is 8.42 Å². The molecule has 0 unspecified atom stereocenters. The molecule has 0 radical (unpaired) electrons. The minimum atomic E-state index is -3.67. The summed E-state index contributed by atoms with van der Waals surface area (Å²) in [6, 6.07) is 17.9. The Kier molecular flexibility index (Phi) is 6.51. The van der Waals surface area contributed by atoms with Crippen molar-refractivity contribution in [3.05, 3.63) is 65.9 Å². The molecule has 3 aromatic rings. The van der Waals surface area contributed by atoms with Crippen molar-refractivity contribution in [1.82, 2.24) is 9.29 Å². The Labute approximate surface area is 194 Å². The van der Waals surface area contributed by atoms with Gasteiger partial charge in [-0.1, -0.05) is 30.3 Å². The predicted molar refractivity (Wildman–Crippen MR) is 124 cm³/mol. The number of anilines is 1. The average Bonchev–Trinajstić information content (AvgIpc) is 3.24. The summed E-state index contributed by atoms with van der Waals surface area (Å²) in [4.78, 5) is 6.47. The Hall–Kier alpha value is -3.19. The van der Waals surface area contributed by atoms with Gasteiger partial charge in [0.05, 0.1) is 17.1 Å². The number of ether oxygens (including phenoxy) is 1. The molecular formula is C24H26N4O4S. The number of rotatable bonds is 6. The van der Waals surface area contributed by atoms with Crippen LogP contribution < -0.4 is 4.90 Å². The van der Waals surface area contributed by atoms with E-state index in [1.54, 1.807) is 19.2 Å². The summed E-state index contributed by atoms with van der Waals surface area (Å²) in [7, 11) is -2.11. The van der Waals surface area contributed by atoms with E-state index in [4.69, 9.17) is 9.15 Å². The van der Waals surface area contributed by atoms with Crippen LogP contribution in [-0.4, -0.2) is 50.1 Å². The van der Waals surface area contributed by atoms with E-state index >= 15 is 0 Å². The molecular weight excluding hydrogens is 440 g/mol. The number of nitriles is 1. The molecule has 33 heavy (non-hydrogen) atoms. The molecule has 0 N–H and O–H groups in total. The Balaban J connectivity index is 1.56. The second kappa shape index (κ2) is 9.35. The first-order valence-corrected chi connectivity index (χ1v) is 12.1. The van der Waals surface area contributed by atoms with E-state index in [0.717, 1.165) is 5.56 Å². The quantitative estimate of drug-likeness (QED) is 0.547. The first-order valence-electron chi connectivity index (χ1n) is 10.7. The highest BCUT2D eigenvalue weighted by atomic mass is 32.2. The Bertz CT molecular complexity index is 1240. The van der Waals surface area contributed by atoms with Gasteiger partial charge in [0.2, 0.25) is 27.5 Å². The number of morpholine rings is 1. The van der Waals surface area contributed by atoms with Gasteiger partial charge in [-0.3, -0.25) is 0 Å². The summed E-state index contributed by atoms with van der Waals surface area (Å²) in [5.74, 6) is 0.684. The molecule has 8 nitrogen and oxygen atoms in total. The fourth-order valence-corrected chi connectivity index (χ4v) is 5.10. The van der Waals surface area contributed by atoms with Crippen LogP contribution in [0, 0.1) is 11.3 Å². The van der Waals surface area contributed by atoms with Gasteiger partial charge in [-0.2, -0.15) is 14.6 Å². The number of benzene rings is 2. The van der Waals surface area contributed by atoms with Crippen molar-refractivity contribution in [2.24, 2.45) is 0 Å². The van der Waals surface area contributed by atoms with Gasteiger partial charge in [0, 0.05) is 32.2 Å². The van der Waals surface area contributed by atoms with Crippen molar-refractivity contribution < 1.29 is 17.6 Å². The van der Waals surface area contributed by atoms with Crippen LogP contribution in [0.4, 0.5) is 5.88 Å². The molecule has 0 saturated carbocycles. The summed E-state index contributed by atoms with van der Waals surface area (Å²) in [6.07, 6.45) is 0.0115. The summed E-state index contributed by atoms with van der Waals surface area (Å²) in [5, 5.41) is 9.56. The molecule has 1 aliphatic rings. The first-order chi connectivity index (χ1) is 15.8. The fraction of sp³-hybridized carbons (Fsp3) is 0.333. The maximum atomic E-state index is 13.0. The monoisotopic (exact) mass is 466 g/mol. The maximum absolute atomic E-state index is 13.0. The third-order valence-corrected chi connectivity index (χ3v) is 7.30. The van der Waals surface area contributed by atoms with Crippen molar-refractivity contribution in [2.45, 2.75) is 37.5 Å². The molecule has 1 aromatic heterocycles. The molecule has 0 spiro atoms. The van der Waals surface area contributed by atoms with Crippen molar-refractivity contribution in [3.63, 3.8) is 0 Å². The van der Waals surface area contributed by atoms with Crippen LogP contribution >= 0.6 is 0 Å². The van der Waals surface area contributed by atoms with Gasteiger partial charge in [0.1, 0.15) is 6.07 Å². The highest BCUT2D eigenvalue weighted by molar-refractivity contribution is 7.89. The molecule has 0 amide bonds. The zero-order chi connectivity index (χ0) is 23.6. The summed E-state index contributed by atoms with van der Waals surface area (Å²) in [5.41, 5.74) is 1.70. The van der Waals surface area contributed by atoms with Crippen molar-refractivity contribution in [3.8, 4) is 17.5 Å². The molecule has 4 rings (SSSR count). The Morgan fingerprint density at radius 1 is 1.09 bits per heavy atom. The van der Waals surface area contributed by atoms with E-state index < -0.39 is 10.0 Å². The van der Waals surface area contributed by atoms with Crippen molar-refractivity contribution in [1.29, 1.82) is 5.26 Å². The topological polar surface area (TPSA) is 99.7 Å². The molecule has 2 aromatic carbocycles. The van der Waals surface area contributed by atoms with E-state index in [9.17, 15) is 13.7 Å². The third kappa shape index (κ3) is 4.93. The summed E-state index contributed by atoms with van der Waals surface area (Å²) in [6.45, 7) is 5.41. The maximum Gasteiger partial charge on any atom is 0.243 e. The highest BCUT2D eigenvalue weighted by Crippen LogP contribution is 2.31. The van der Waals surface area contributed by atoms with Crippen LogP contribution in [0.2, 0.25) is 0 Å². The van der Waals surface area contributed by atoms with Gasteiger partial charge < -0.3 is 14.1 Å². The van der Waals surface area contributed by atoms with E-state index in [1.165, 1.54) is 16.4 Å². The number of oxazole rings is 1. The predicted octanol–water partition coefficient (Wildman–Crippen LogP) is 3.65. The Morgan fingerprint density at radius 3 is 2.33 bits per heavy atom. The average molecular weight is 467 g/mol. The zero-order valence-electron chi connectivity index (χ0n) is 18.8. The SMILES string of the molecule is C[C@H]1CN(c2oc(-c3ccc(S(=O)(=O)N(C)Cc4ccccc4)cc3)nc2C#N)C[C@H](C)O1. The molecule has 2 atom stereocenters. The lowest BCUT2D eigenvalue weighted by atomic mass is 10.2. The number of nitrogens with zero attached hydrogens (tertiary/aromatic N) is 4. The lowest BCUT2D eigenvalue weighted by molar-refractivity contribution is -0.00638. The number of hydrogen-bond acceptors (Lipinski definition) is 7. The smallest absolute Gasteiger partial charge is 0.243 e. The minimum Gasteiger partial charge on any atom is -0.419 e. The summed E-state index contributed by atoms with van der Waals surface area (Å²) >= 11 is 0. The van der Waals surface area contributed by atoms with Crippen LogP contribution in [0.5, 0.6) is 0 Å². The molecule has 1 saturated heterocycles. The molecule has 1 fully saturated rings. The molecule has 2 heterocycles. The van der Waals surface area contributed by atoms with Gasteiger partial charge in [0.15, 0.2) is 0 Å². The van der Waals surface area contributed by atoms with Crippen LogP contribution in [0.15, 0.2) is 63.9 Å².